The molecule has 3 aromatic rings. The van der Waals surface area contributed by atoms with Gasteiger partial charge < -0.3 is 9.47 Å². The molecule has 1 atom stereocenters. The summed E-state index contributed by atoms with van der Waals surface area (Å²) in [7, 11) is 1.92. The Morgan fingerprint density at radius 3 is 2.61 bits per heavy atom. The molecule has 0 N–H and O–H groups in total. The van der Waals surface area contributed by atoms with Crippen LogP contribution in [-0.2, 0) is 11.3 Å². The van der Waals surface area contributed by atoms with Gasteiger partial charge in [-0.3, -0.25) is 9.69 Å². The van der Waals surface area contributed by atoms with Gasteiger partial charge in [0.15, 0.2) is 11.5 Å². The molecule has 2 heterocycles. The summed E-state index contributed by atoms with van der Waals surface area (Å²) in [5.41, 5.74) is 3.60. The van der Waals surface area contributed by atoms with Crippen LogP contribution in [0.25, 0.3) is 0 Å². The van der Waals surface area contributed by atoms with Crippen LogP contribution >= 0.6 is 0 Å². The molecule has 0 saturated heterocycles. The average Bonchev–Trinajstić information content (AvgIpc) is 3.47. The van der Waals surface area contributed by atoms with Crippen molar-refractivity contribution in [3.05, 3.63) is 95.3 Å². The van der Waals surface area contributed by atoms with Gasteiger partial charge in [-0.05, 0) is 48.0 Å². The zero-order valence-electron chi connectivity index (χ0n) is 18.3. The Kier molecular flexibility index (Phi) is 5.79. The Balaban J connectivity index is 1.39. The topological polar surface area (TPSA) is 54.4 Å². The van der Waals surface area contributed by atoms with Gasteiger partial charge in [-0.1, -0.05) is 48.5 Å². The van der Waals surface area contributed by atoms with Gasteiger partial charge >= 0.3 is 0 Å². The van der Waals surface area contributed by atoms with Crippen molar-refractivity contribution in [2.45, 2.75) is 19.0 Å². The van der Waals surface area contributed by atoms with E-state index in [1.165, 1.54) is 12.1 Å². The molecule has 0 spiro atoms. The van der Waals surface area contributed by atoms with Crippen LogP contribution < -0.4 is 9.47 Å². The van der Waals surface area contributed by atoms with E-state index >= 15 is 0 Å². The van der Waals surface area contributed by atoms with Crippen molar-refractivity contribution >= 4 is 11.6 Å². The lowest BCUT2D eigenvalue weighted by Crippen LogP contribution is -2.36. The second-order valence-electron chi connectivity index (χ2n) is 8.28. The van der Waals surface area contributed by atoms with Crippen molar-refractivity contribution in [2.24, 2.45) is 5.10 Å². The van der Waals surface area contributed by atoms with Crippen LogP contribution in [0.1, 0.15) is 29.2 Å². The van der Waals surface area contributed by atoms with Gasteiger partial charge in [-0.15, -0.1) is 0 Å². The fourth-order valence-corrected chi connectivity index (χ4v) is 4.19. The SMILES string of the molecule is CN(CC(=O)N1N=C(c2ccc(F)cc2)C[C@@H]1c1ccc2c(c1)OCO2)Cc1ccccc1. The number of carbonyl (C=O) groups is 1. The highest BCUT2D eigenvalue weighted by atomic mass is 19.1. The zero-order valence-corrected chi connectivity index (χ0v) is 18.3. The van der Waals surface area contributed by atoms with E-state index in [0.717, 1.165) is 22.4 Å². The molecule has 0 aromatic heterocycles. The summed E-state index contributed by atoms with van der Waals surface area (Å²) in [5.74, 6) is 0.946. The third-order valence-electron chi connectivity index (χ3n) is 5.83. The molecule has 0 bridgehead atoms. The summed E-state index contributed by atoms with van der Waals surface area (Å²) in [5, 5.41) is 6.23. The normalized spacial score (nSPS) is 16.9. The molecular weight excluding hydrogens is 421 g/mol. The van der Waals surface area contributed by atoms with Crippen molar-refractivity contribution in [3.63, 3.8) is 0 Å². The number of fused-ring (bicyclic) bond motifs is 1. The Labute approximate surface area is 191 Å². The van der Waals surface area contributed by atoms with Crippen LogP contribution in [0.5, 0.6) is 11.5 Å². The Morgan fingerprint density at radius 2 is 1.82 bits per heavy atom. The minimum atomic E-state index is -0.305. The standard InChI is InChI=1S/C26H24FN3O3/c1-29(15-18-5-3-2-4-6-18)16-26(31)30-23(20-9-12-24-25(13-20)33-17-32-24)14-22(28-30)19-7-10-21(27)11-8-19/h2-13,23H,14-17H2,1H3/t23-/m1/s1. The van der Waals surface area contributed by atoms with E-state index in [9.17, 15) is 9.18 Å². The van der Waals surface area contributed by atoms with Crippen molar-refractivity contribution in [2.75, 3.05) is 20.4 Å². The van der Waals surface area contributed by atoms with E-state index in [4.69, 9.17) is 9.47 Å². The molecule has 5 rings (SSSR count). The van der Waals surface area contributed by atoms with E-state index < -0.39 is 0 Å². The molecule has 6 nitrogen and oxygen atoms in total. The second-order valence-corrected chi connectivity index (χ2v) is 8.28. The monoisotopic (exact) mass is 445 g/mol. The third-order valence-corrected chi connectivity index (χ3v) is 5.83. The highest BCUT2D eigenvalue weighted by Gasteiger charge is 2.34. The lowest BCUT2D eigenvalue weighted by molar-refractivity contribution is -0.134. The first-order valence-electron chi connectivity index (χ1n) is 10.8. The van der Waals surface area contributed by atoms with Gasteiger partial charge in [0.05, 0.1) is 18.3 Å². The van der Waals surface area contributed by atoms with Crippen LogP contribution in [-0.4, -0.2) is 41.9 Å². The molecule has 3 aromatic carbocycles. The smallest absolute Gasteiger partial charge is 0.257 e. The van der Waals surface area contributed by atoms with Crippen molar-refractivity contribution in [3.8, 4) is 11.5 Å². The number of nitrogens with zero attached hydrogens (tertiary/aromatic N) is 3. The van der Waals surface area contributed by atoms with Crippen LogP contribution in [0.15, 0.2) is 77.9 Å². The highest BCUT2D eigenvalue weighted by Crippen LogP contribution is 2.39. The minimum absolute atomic E-state index is 0.104. The zero-order chi connectivity index (χ0) is 22.8. The molecular formula is C26H24FN3O3. The first-order chi connectivity index (χ1) is 16.1. The molecule has 2 aliphatic heterocycles. The average molecular weight is 445 g/mol. The van der Waals surface area contributed by atoms with Gasteiger partial charge in [0, 0.05) is 13.0 Å². The maximum absolute atomic E-state index is 13.4. The predicted octanol–water partition coefficient (Wildman–Crippen LogP) is 4.36. The lowest BCUT2D eigenvalue weighted by Gasteiger charge is -2.25. The number of hydrazone groups is 1. The van der Waals surface area contributed by atoms with Gasteiger partial charge in [0.2, 0.25) is 6.79 Å². The number of carbonyl (C=O) groups excluding carboxylic acids is 1. The first kappa shape index (κ1) is 21.2. The Morgan fingerprint density at radius 1 is 1.06 bits per heavy atom. The largest absolute Gasteiger partial charge is 0.454 e. The Hall–Kier alpha value is -3.71. The number of halogens is 1. The fourth-order valence-electron chi connectivity index (χ4n) is 4.19. The molecule has 0 saturated carbocycles. The number of ether oxygens (including phenoxy) is 2. The lowest BCUT2D eigenvalue weighted by atomic mass is 9.98. The number of benzene rings is 3. The summed E-state index contributed by atoms with van der Waals surface area (Å²) in [4.78, 5) is 15.3. The highest BCUT2D eigenvalue weighted by molar-refractivity contribution is 6.03. The molecule has 0 radical (unpaired) electrons. The van der Waals surface area contributed by atoms with Crippen LogP contribution in [0.4, 0.5) is 4.39 Å². The number of hydrogen-bond donors (Lipinski definition) is 0. The molecule has 0 aliphatic carbocycles. The maximum Gasteiger partial charge on any atom is 0.257 e. The van der Waals surface area contributed by atoms with Crippen molar-refractivity contribution in [1.82, 2.24) is 9.91 Å². The summed E-state index contributed by atoms with van der Waals surface area (Å²) in [6, 6.07) is 21.7. The number of likely N-dealkylation sites (N-methyl/N-ethyl adjacent to an activating group) is 1. The molecule has 1 amide bonds. The van der Waals surface area contributed by atoms with Crippen molar-refractivity contribution in [1.29, 1.82) is 0 Å². The van der Waals surface area contributed by atoms with E-state index in [2.05, 4.69) is 5.10 Å². The summed E-state index contributed by atoms with van der Waals surface area (Å²) >= 11 is 0. The van der Waals surface area contributed by atoms with E-state index in [0.29, 0.717) is 24.5 Å². The van der Waals surface area contributed by atoms with Crippen molar-refractivity contribution < 1.29 is 18.7 Å². The van der Waals surface area contributed by atoms with E-state index in [1.807, 2.05) is 60.5 Å². The number of rotatable bonds is 6. The van der Waals surface area contributed by atoms with Gasteiger partial charge in [0.1, 0.15) is 5.82 Å². The maximum atomic E-state index is 13.4. The van der Waals surface area contributed by atoms with Crippen LogP contribution in [0.3, 0.4) is 0 Å². The van der Waals surface area contributed by atoms with Crippen LogP contribution in [0, 0.1) is 5.82 Å². The molecule has 2 aliphatic rings. The quantitative estimate of drug-likeness (QED) is 0.566. The third kappa shape index (κ3) is 4.59. The molecule has 0 fully saturated rings. The predicted molar refractivity (Wildman–Crippen MR) is 122 cm³/mol. The van der Waals surface area contributed by atoms with Gasteiger partial charge in [0.25, 0.3) is 5.91 Å². The second kappa shape index (κ2) is 9.03. The molecule has 0 unspecified atom stereocenters. The minimum Gasteiger partial charge on any atom is -0.454 e. The first-order valence-corrected chi connectivity index (χ1v) is 10.8. The van der Waals surface area contributed by atoms with E-state index in [-0.39, 0.29) is 31.1 Å². The summed E-state index contributed by atoms with van der Waals surface area (Å²) < 4.78 is 24.4. The Bertz CT molecular complexity index is 1180. The fraction of sp³-hybridized carbons (Fsp3) is 0.231. The van der Waals surface area contributed by atoms with Gasteiger partial charge in [-0.2, -0.15) is 5.10 Å². The summed E-state index contributed by atoms with van der Waals surface area (Å²) in [6.45, 7) is 1.06. The molecule has 33 heavy (non-hydrogen) atoms. The summed E-state index contributed by atoms with van der Waals surface area (Å²) in [6.07, 6.45) is 0.527. The molecule has 7 heteroatoms. The van der Waals surface area contributed by atoms with Gasteiger partial charge in [-0.25, -0.2) is 9.40 Å². The molecule has 168 valence electrons. The number of amides is 1. The van der Waals surface area contributed by atoms with E-state index in [1.54, 1.807) is 17.1 Å². The van der Waals surface area contributed by atoms with Crippen LogP contribution in [0.2, 0.25) is 0 Å². The number of hydrogen-bond acceptors (Lipinski definition) is 5.